The summed E-state index contributed by atoms with van der Waals surface area (Å²) >= 11 is 19.4. The van der Waals surface area contributed by atoms with Crippen LogP contribution < -0.4 is 0 Å². The van der Waals surface area contributed by atoms with E-state index in [-0.39, 0.29) is 0 Å². The number of hydrogen-bond donors (Lipinski definition) is 0. The minimum absolute atomic E-state index is 0.711. The van der Waals surface area contributed by atoms with E-state index >= 15 is 0 Å². The maximum atomic E-state index is 6.46. The van der Waals surface area contributed by atoms with Crippen molar-refractivity contribution in [1.82, 2.24) is 0 Å². The van der Waals surface area contributed by atoms with Gasteiger partial charge in [0.15, 0.2) is 0 Å². The molecule has 0 amide bonds. The number of benzene rings is 7. The van der Waals surface area contributed by atoms with E-state index in [0.717, 1.165) is 66.8 Å². The lowest BCUT2D eigenvalue weighted by Crippen LogP contribution is -1.92. The predicted molar refractivity (Wildman–Crippen MR) is 194 cm³/mol. The second-order valence-electron chi connectivity index (χ2n) is 11.0. The molecule has 7 aromatic rings. The fourth-order valence-electron chi connectivity index (χ4n) is 6.02. The monoisotopic (exact) mass is 636 g/mol. The van der Waals surface area contributed by atoms with Crippen LogP contribution in [0.1, 0.15) is 0 Å². The third-order valence-corrected chi connectivity index (χ3v) is 8.76. The Morgan fingerprint density at radius 2 is 0.467 bits per heavy atom. The fraction of sp³-hybridized carbons (Fsp3) is 0. The Hall–Kier alpha value is -4.59. The summed E-state index contributed by atoms with van der Waals surface area (Å²) in [6, 6.07) is 56.5. The zero-order chi connectivity index (χ0) is 30.8. The Morgan fingerprint density at radius 3 is 0.711 bits per heavy atom. The summed E-state index contributed by atoms with van der Waals surface area (Å²) in [5.74, 6) is 0. The normalized spacial score (nSPS) is 11.0. The first-order chi connectivity index (χ1) is 22.0. The molecule has 0 aromatic heterocycles. The highest BCUT2D eigenvalue weighted by Crippen LogP contribution is 2.42. The molecule has 7 rings (SSSR count). The quantitative estimate of drug-likeness (QED) is 0.170. The molecule has 0 aliphatic rings. The minimum atomic E-state index is 0.711. The van der Waals surface area contributed by atoms with Gasteiger partial charge >= 0.3 is 0 Å². The summed E-state index contributed by atoms with van der Waals surface area (Å²) in [7, 11) is 0. The van der Waals surface area contributed by atoms with Gasteiger partial charge in [0.2, 0.25) is 0 Å². The first-order valence-corrected chi connectivity index (χ1v) is 15.9. The summed E-state index contributed by atoms with van der Waals surface area (Å²) in [5.41, 5.74) is 13.3. The highest BCUT2D eigenvalue weighted by molar-refractivity contribution is 6.31. The van der Waals surface area contributed by atoms with Gasteiger partial charge in [-0.25, -0.2) is 0 Å². The van der Waals surface area contributed by atoms with Gasteiger partial charge in [0.05, 0.1) is 0 Å². The van der Waals surface area contributed by atoms with Gasteiger partial charge in [-0.2, -0.15) is 0 Å². The minimum Gasteiger partial charge on any atom is -0.0843 e. The van der Waals surface area contributed by atoms with Crippen molar-refractivity contribution in [3.63, 3.8) is 0 Å². The lowest BCUT2D eigenvalue weighted by atomic mass is 9.86. The van der Waals surface area contributed by atoms with Crippen molar-refractivity contribution in [3.8, 4) is 66.8 Å². The summed E-state index contributed by atoms with van der Waals surface area (Å²) in [6.45, 7) is 0. The smallest absolute Gasteiger partial charge is 0.0412 e. The van der Waals surface area contributed by atoms with E-state index in [9.17, 15) is 0 Å². The number of halogens is 3. The van der Waals surface area contributed by atoms with Crippen LogP contribution in [0.4, 0.5) is 0 Å². The lowest BCUT2D eigenvalue weighted by molar-refractivity contribution is 1.54. The van der Waals surface area contributed by atoms with Crippen molar-refractivity contribution in [2.75, 3.05) is 0 Å². The van der Waals surface area contributed by atoms with Crippen molar-refractivity contribution in [3.05, 3.63) is 179 Å². The molecule has 3 heteroatoms. The second-order valence-corrected chi connectivity index (χ2v) is 12.3. The molecular formula is C42H27Cl3. The largest absolute Gasteiger partial charge is 0.0843 e. The summed E-state index contributed by atoms with van der Waals surface area (Å²) in [5, 5.41) is 2.13. The second kappa shape index (κ2) is 12.8. The van der Waals surface area contributed by atoms with Gasteiger partial charge in [0, 0.05) is 15.1 Å². The van der Waals surface area contributed by atoms with Gasteiger partial charge in [-0.1, -0.05) is 144 Å². The van der Waals surface area contributed by atoms with E-state index in [0.29, 0.717) is 15.1 Å². The van der Waals surface area contributed by atoms with Crippen LogP contribution in [0.5, 0.6) is 0 Å². The predicted octanol–water partition coefficient (Wildman–Crippen LogP) is 13.6. The van der Waals surface area contributed by atoms with Crippen LogP contribution in [-0.2, 0) is 0 Å². The molecule has 0 saturated carbocycles. The first-order valence-electron chi connectivity index (χ1n) is 14.7. The molecule has 0 heterocycles. The Kier molecular flexibility index (Phi) is 8.29. The van der Waals surface area contributed by atoms with Crippen LogP contribution in [0.15, 0.2) is 164 Å². The standard InChI is InChI=1S/C42H27Cl3/c43-34-13-7-10-28(25-34)37-16-1-4-19-40(37)31-22-32(41-20-5-2-17-38(41)29-11-8-14-35(44)26-29)24-33(23-31)42-21-6-3-18-39(42)30-12-9-15-36(45)27-30/h1-27H. The van der Waals surface area contributed by atoms with E-state index in [4.69, 9.17) is 34.8 Å². The maximum Gasteiger partial charge on any atom is 0.0412 e. The van der Waals surface area contributed by atoms with Gasteiger partial charge in [0.25, 0.3) is 0 Å². The van der Waals surface area contributed by atoms with Crippen LogP contribution in [0.25, 0.3) is 66.8 Å². The Bertz CT molecular complexity index is 1900. The Balaban J connectivity index is 1.50. The molecule has 0 N–H and O–H groups in total. The number of hydrogen-bond acceptors (Lipinski definition) is 0. The van der Waals surface area contributed by atoms with E-state index in [1.165, 1.54) is 0 Å². The Morgan fingerprint density at radius 1 is 0.222 bits per heavy atom. The molecule has 7 aromatic carbocycles. The molecule has 0 nitrogen and oxygen atoms in total. The van der Waals surface area contributed by atoms with Crippen LogP contribution in [0, 0.1) is 0 Å². The Labute approximate surface area is 279 Å². The van der Waals surface area contributed by atoms with Gasteiger partial charge in [-0.3, -0.25) is 0 Å². The molecule has 216 valence electrons. The molecule has 0 aliphatic heterocycles. The van der Waals surface area contributed by atoms with Gasteiger partial charge in [-0.05, 0) is 121 Å². The van der Waals surface area contributed by atoms with Gasteiger partial charge in [0.1, 0.15) is 0 Å². The van der Waals surface area contributed by atoms with Crippen molar-refractivity contribution >= 4 is 34.8 Å². The third kappa shape index (κ3) is 6.19. The highest BCUT2D eigenvalue weighted by Gasteiger charge is 2.16. The SMILES string of the molecule is Clc1cccc(-c2ccccc2-c2cc(-c3ccccc3-c3cccc(Cl)c3)cc(-c3ccccc3-c3cccc(Cl)c3)c2)c1. The molecular weight excluding hydrogens is 611 g/mol. The molecule has 0 bridgehead atoms. The molecule has 0 aliphatic carbocycles. The van der Waals surface area contributed by atoms with E-state index in [2.05, 4.69) is 109 Å². The summed E-state index contributed by atoms with van der Waals surface area (Å²) in [6.07, 6.45) is 0. The molecule has 0 fully saturated rings. The molecule has 0 saturated heterocycles. The lowest BCUT2D eigenvalue weighted by Gasteiger charge is -2.18. The average molecular weight is 638 g/mol. The molecule has 0 spiro atoms. The zero-order valence-corrected chi connectivity index (χ0v) is 26.5. The van der Waals surface area contributed by atoms with Gasteiger partial charge < -0.3 is 0 Å². The van der Waals surface area contributed by atoms with E-state index in [1.807, 2.05) is 54.6 Å². The van der Waals surface area contributed by atoms with Crippen LogP contribution >= 0.6 is 34.8 Å². The van der Waals surface area contributed by atoms with E-state index in [1.54, 1.807) is 0 Å². The summed E-state index contributed by atoms with van der Waals surface area (Å²) < 4.78 is 0. The molecule has 0 atom stereocenters. The maximum absolute atomic E-state index is 6.46. The first kappa shape index (κ1) is 29.1. The van der Waals surface area contributed by atoms with Crippen molar-refractivity contribution in [1.29, 1.82) is 0 Å². The van der Waals surface area contributed by atoms with Crippen molar-refractivity contribution < 1.29 is 0 Å². The molecule has 0 unspecified atom stereocenters. The molecule has 0 radical (unpaired) electrons. The van der Waals surface area contributed by atoms with Crippen LogP contribution in [-0.4, -0.2) is 0 Å². The zero-order valence-electron chi connectivity index (χ0n) is 24.2. The fourth-order valence-corrected chi connectivity index (χ4v) is 6.59. The summed E-state index contributed by atoms with van der Waals surface area (Å²) in [4.78, 5) is 0. The van der Waals surface area contributed by atoms with Crippen molar-refractivity contribution in [2.45, 2.75) is 0 Å². The third-order valence-electron chi connectivity index (χ3n) is 8.05. The topological polar surface area (TPSA) is 0 Å². The average Bonchev–Trinajstić information content (AvgIpc) is 3.08. The van der Waals surface area contributed by atoms with Crippen molar-refractivity contribution in [2.24, 2.45) is 0 Å². The number of rotatable bonds is 6. The molecule has 45 heavy (non-hydrogen) atoms. The van der Waals surface area contributed by atoms with Crippen LogP contribution in [0.3, 0.4) is 0 Å². The highest BCUT2D eigenvalue weighted by atomic mass is 35.5. The van der Waals surface area contributed by atoms with E-state index < -0.39 is 0 Å². The van der Waals surface area contributed by atoms with Gasteiger partial charge in [-0.15, -0.1) is 0 Å². The van der Waals surface area contributed by atoms with Crippen LogP contribution in [0.2, 0.25) is 15.1 Å².